The van der Waals surface area contributed by atoms with Crippen LogP contribution in [0.3, 0.4) is 0 Å². The van der Waals surface area contributed by atoms with Crippen molar-refractivity contribution in [2.45, 2.75) is 25.9 Å². The van der Waals surface area contributed by atoms with Gasteiger partial charge in [-0.1, -0.05) is 23.7 Å². The summed E-state index contributed by atoms with van der Waals surface area (Å²) in [5, 5.41) is 11.0. The summed E-state index contributed by atoms with van der Waals surface area (Å²) in [5.74, 6) is 0.597. The summed E-state index contributed by atoms with van der Waals surface area (Å²) < 4.78 is 5.56. The third-order valence-electron chi connectivity index (χ3n) is 4.06. The molecule has 0 spiro atoms. The molecule has 0 bridgehead atoms. The van der Waals surface area contributed by atoms with Crippen LogP contribution in [0.4, 0.5) is 5.95 Å². The lowest BCUT2D eigenvalue weighted by Crippen LogP contribution is -2.12. The number of ether oxygens (including phenoxy) is 1. The molecular weight excluding hydrogens is 374 g/mol. The minimum absolute atomic E-state index is 0.0743. The minimum atomic E-state index is -0.280. The Morgan fingerprint density at radius 3 is 2.88 bits per heavy atom. The number of H-pyrrole nitrogens is 1. The summed E-state index contributed by atoms with van der Waals surface area (Å²) in [6.45, 7) is 2.53. The molecule has 134 valence electrons. The second-order valence-corrected chi connectivity index (χ2v) is 7.38. The van der Waals surface area contributed by atoms with E-state index in [1.54, 1.807) is 19.1 Å². The van der Waals surface area contributed by atoms with Gasteiger partial charge in [-0.05, 0) is 31.9 Å². The number of rotatable bonds is 4. The predicted molar refractivity (Wildman–Crippen MR) is 99.6 cm³/mol. The molecule has 1 atom stereocenters. The Bertz CT molecular complexity index is 931. The fourth-order valence-corrected chi connectivity index (χ4v) is 3.84. The van der Waals surface area contributed by atoms with E-state index in [0.29, 0.717) is 21.4 Å². The topological polar surface area (TPSA) is 92.8 Å². The number of benzene rings is 1. The molecule has 1 saturated heterocycles. The molecule has 3 heterocycles. The normalized spacial score (nSPS) is 16.8. The first kappa shape index (κ1) is 17.1. The highest BCUT2D eigenvalue weighted by atomic mass is 35.5. The van der Waals surface area contributed by atoms with Crippen LogP contribution in [0.1, 0.15) is 40.1 Å². The molecule has 0 radical (unpaired) electrons. The van der Waals surface area contributed by atoms with Gasteiger partial charge in [0, 0.05) is 17.2 Å². The number of amides is 1. The number of carbonyl (C=O) groups excluding carboxylic acids is 1. The van der Waals surface area contributed by atoms with Gasteiger partial charge in [-0.3, -0.25) is 15.2 Å². The molecule has 1 aliphatic rings. The van der Waals surface area contributed by atoms with E-state index < -0.39 is 0 Å². The summed E-state index contributed by atoms with van der Waals surface area (Å²) in [4.78, 5) is 21.9. The average Bonchev–Trinajstić information content (AvgIpc) is 3.35. The Balaban J connectivity index is 1.50. The van der Waals surface area contributed by atoms with Crippen molar-refractivity contribution >= 4 is 34.8 Å². The van der Waals surface area contributed by atoms with Crippen LogP contribution in [0.2, 0.25) is 5.02 Å². The number of nitrogens with zero attached hydrogens (tertiary/aromatic N) is 3. The van der Waals surface area contributed by atoms with Gasteiger partial charge in [-0.2, -0.15) is 4.98 Å². The van der Waals surface area contributed by atoms with Crippen LogP contribution < -0.4 is 5.32 Å². The van der Waals surface area contributed by atoms with E-state index >= 15 is 0 Å². The standard InChI is InChI=1S/C17H16ClN5O2S/c1-9-13(26-16(19-9)10-4-6-11(18)7-5-10)15(24)21-17-20-14(22-23-17)12-3-2-8-25-12/h4-7,12H,2-3,8H2,1H3,(H2,20,21,22,23,24). The number of aromatic amines is 1. The fourth-order valence-electron chi connectivity index (χ4n) is 2.75. The van der Waals surface area contributed by atoms with Crippen LogP contribution >= 0.6 is 22.9 Å². The van der Waals surface area contributed by atoms with Crippen LogP contribution in [0, 0.1) is 6.92 Å². The van der Waals surface area contributed by atoms with Crippen LogP contribution in [0.15, 0.2) is 24.3 Å². The third kappa shape index (κ3) is 3.48. The number of anilines is 1. The molecule has 4 rings (SSSR count). The second-order valence-electron chi connectivity index (χ2n) is 5.94. The number of hydrogen-bond acceptors (Lipinski definition) is 6. The summed E-state index contributed by atoms with van der Waals surface area (Å²) in [7, 11) is 0. The van der Waals surface area contributed by atoms with Crippen LogP contribution in [0.25, 0.3) is 10.6 Å². The van der Waals surface area contributed by atoms with Crippen molar-refractivity contribution in [2.75, 3.05) is 11.9 Å². The van der Waals surface area contributed by atoms with Gasteiger partial charge in [0.05, 0.1) is 5.69 Å². The van der Waals surface area contributed by atoms with Crippen molar-refractivity contribution in [3.8, 4) is 10.6 Å². The molecule has 7 nitrogen and oxygen atoms in total. The average molecular weight is 390 g/mol. The molecule has 0 aliphatic carbocycles. The molecule has 0 saturated carbocycles. The zero-order valence-corrected chi connectivity index (χ0v) is 15.5. The highest BCUT2D eigenvalue weighted by Crippen LogP contribution is 2.30. The van der Waals surface area contributed by atoms with Crippen LogP contribution in [-0.2, 0) is 4.74 Å². The molecule has 26 heavy (non-hydrogen) atoms. The molecule has 2 aromatic heterocycles. The maximum absolute atomic E-state index is 12.6. The number of aromatic nitrogens is 4. The zero-order valence-electron chi connectivity index (χ0n) is 14.0. The first-order valence-electron chi connectivity index (χ1n) is 8.19. The van der Waals surface area contributed by atoms with Gasteiger partial charge >= 0.3 is 0 Å². The fraction of sp³-hybridized carbons (Fsp3) is 0.294. The summed E-state index contributed by atoms with van der Waals surface area (Å²) >= 11 is 7.24. The third-order valence-corrected chi connectivity index (χ3v) is 5.51. The number of carbonyl (C=O) groups is 1. The van der Waals surface area contributed by atoms with E-state index in [1.807, 2.05) is 12.1 Å². The SMILES string of the molecule is Cc1nc(-c2ccc(Cl)cc2)sc1C(=O)Nc1n[nH]c(C2CCCO2)n1. The van der Waals surface area contributed by atoms with E-state index in [2.05, 4.69) is 25.5 Å². The van der Waals surface area contributed by atoms with Crippen LogP contribution in [0.5, 0.6) is 0 Å². The van der Waals surface area contributed by atoms with Crippen molar-refractivity contribution in [3.63, 3.8) is 0 Å². The quantitative estimate of drug-likeness (QED) is 0.703. The molecule has 9 heteroatoms. The molecule has 3 aromatic rings. The summed E-state index contributed by atoms with van der Waals surface area (Å²) in [6, 6.07) is 7.36. The molecule has 1 aliphatic heterocycles. The van der Waals surface area contributed by atoms with Crippen molar-refractivity contribution in [2.24, 2.45) is 0 Å². The highest BCUT2D eigenvalue weighted by Gasteiger charge is 2.23. The maximum Gasteiger partial charge on any atom is 0.270 e. The Hall–Kier alpha value is -2.29. The molecule has 1 aromatic carbocycles. The van der Waals surface area contributed by atoms with Gasteiger partial charge in [-0.15, -0.1) is 16.4 Å². The Labute approximate surface area is 158 Å². The summed E-state index contributed by atoms with van der Waals surface area (Å²) in [5.41, 5.74) is 1.58. The van der Waals surface area contributed by atoms with E-state index in [4.69, 9.17) is 16.3 Å². The number of hydrogen-bond donors (Lipinski definition) is 2. The van der Waals surface area contributed by atoms with Crippen molar-refractivity contribution < 1.29 is 9.53 Å². The lowest BCUT2D eigenvalue weighted by molar-refractivity contribution is 0.102. The maximum atomic E-state index is 12.6. The van der Waals surface area contributed by atoms with E-state index in [-0.39, 0.29) is 18.0 Å². The first-order chi connectivity index (χ1) is 12.6. The zero-order chi connectivity index (χ0) is 18.1. The summed E-state index contributed by atoms with van der Waals surface area (Å²) in [6.07, 6.45) is 1.83. The predicted octanol–water partition coefficient (Wildman–Crippen LogP) is 3.99. The number of aryl methyl sites for hydroxylation is 1. The highest BCUT2D eigenvalue weighted by molar-refractivity contribution is 7.17. The lowest BCUT2D eigenvalue weighted by Gasteiger charge is -2.03. The van der Waals surface area contributed by atoms with E-state index in [0.717, 1.165) is 30.0 Å². The van der Waals surface area contributed by atoms with Gasteiger partial charge in [0.15, 0.2) is 5.82 Å². The molecular formula is C17H16ClN5O2S. The first-order valence-corrected chi connectivity index (χ1v) is 9.38. The van der Waals surface area contributed by atoms with Gasteiger partial charge in [-0.25, -0.2) is 4.98 Å². The van der Waals surface area contributed by atoms with Gasteiger partial charge in [0.25, 0.3) is 5.91 Å². The van der Waals surface area contributed by atoms with E-state index in [9.17, 15) is 4.79 Å². The van der Waals surface area contributed by atoms with Crippen molar-refractivity contribution in [1.29, 1.82) is 0 Å². The second kappa shape index (κ2) is 7.14. The Morgan fingerprint density at radius 1 is 1.35 bits per heavy atom. The lowest BCUT2D eigenvalue weighted by atomic mass is 10.2. The molecule has 1 amide bonds. The minimum Gasteiger partial charge on any atom is -0.370 e. The molecule has 1 unspecified atom stereocenters. The number of nitrogens with one attached hydrogen (secondary N) is 2. The van der Waals surface area contributed by atoms with Gasteiger partial charge in [0.2, 0.25) is 5.95 Å². The number of halogens is 1. The smallest absolute Gasteiger partial charge is 0.270 e. The monoisotopic (exact) mass is 389 g/mol. The number of thiazole rings is 1. The molecule has 2 N–H and O–H groups in total. The van der Waals surface area contributed by atoms with Crippen molar-refractivity contribution in [1.82, 2.24) is 20.2 Å². The van der Waals surface area contributed by atoms with Crippen LogP contribution in [-0.4, -0.2) is 32.7 Å². The Morgan fingerprint density at radius 2 is 2.15 bits per heavy atom. The molecule has 1 fully saturated rings. The largest absolute Gasteiger partial charge is 0.370 e. The van der Waals surface area contributed by atoms with Crippen molar-refractivity contribution in [3.05, 3.63) is 45.7 Å². The van der Waals surface area contributed by atoms with E-state index in [1.165, 1.54) is 11.3 Å². The van der Waals surface area contributed by atoms with Gasteiger partial charge < -0.3 is 4.74 Å². The Kier molecular flexibility index (Phi) is 4.71. The van der Waals surface area contributed by atoms with Gasteiger partial charge in [0.1, 0.15) is 16.0 Å².